The second-order valence-electron chi connectivity index (χ2n) is 5.69. The number of rotatable bonds is 4. The number of nitrogens with zero attached hydrogens (tertiary/aromatic N) is 2. The second kappa shape index (κ2) is 4.84. The summed E-state index contributed by atoms with van der Waals surface area (Å²) in [5.74, 6) is 0.835. The fourth-order valence-electron chi connectivity index (χ4n) is 3.40. The van der Waals surface area contributed by atoms with E-state index in [0.717, 1.165) is 12.1 Å². The van der Waals surface area contributed by atoms with E-state index in [9.17, 15) is 4.79 Å². The summed E-state index contributed by atoms with van der Waals surface area (Å²) in [5.41, 5.74) is 0.780. The number of carbonyl (C=O) groups is 1. The molecule has 1 aromatic heterocycles. The maximum Gasteiger partial charge on any atom is 0.166 e. The van der Waals surface area contributed by atoms with Crippen LogP contribution in [0, 0.1) is 5.92 Å². The van der Waals surface area contributed by atoms with Crippen LogP contribution in [0.3, 0.4) is 0 Å². The lowest BCUT2D eigenvalue weighted by molar-refractivity contribution is 0.0945. The maximum absolute atomic E-state index is 12.2. The molecule has 0 aromatic carbocycles. The van der Waals surface area contributed by atoms with E-state index in [-0.39, 0.29) is 5.78 Å². The van der Waals surface area contributed by atoms with Crippen molar-refractivity contribution in [2.75, 3.05) is 0 Å². The van der Waals surface area contributed by atoms with Crippen LogP contribution < -0.4 is 5.32 Å². The van der Waals surface area contributed by atoms with Gasteiger partial charge >= 0.3 is 0 Å². The molecule has 0 aliphatic carbocycles. The van der Waals surface area contributed by atoms with Crippen LogP contribution in [0.25, 0.3) is 0 Å². The maximum atomic E-state index is 12.2. The summed E-state index contributed by atoms with van der Waals surface area (Å²) in [6.07, 6.45) is 9.21. The summed E-state index contributed by atoms with van der Waals surface area (Å²) >= 11 is 0. The van der Waals surface area contributed by atoms with Crippen LogP contribution in [0.2, 0.25) is 0 Å². The molecule has 3 rings (SSSR count). The van der Waals surface area contributed by atoms with Gasteiger partial charge in [0.1, 0.15) is 0 Å². The summed E-state index contributed by atoms with van der Waals surface area (Å²) in [7, 11) is 0. The first kappa shape index (κ1) is 11.9. The van der Waals surface area contributed by atoms with E-state index in [1.165, 1.54) is 25.7 Å². The van der Waals surface area contributed by atoms with Gasteiger partial charge in [-0.1, -0.05) is 0 Å². The molecular formula is C14H21N3O. The zero-order chi connectivity index (χ0) is 12.5. The second-order valence-corrected chi connectivity index (χ2v) is 5.69. The number of hydrogen-bond donors (Lipinski definition) is 1. The molecule has 1 aromatic rings. The third-order valence-electron chi connectivity index (χ3n) is 4.32. The van der Waals surface area contributed by atoms with E-state index < -0.39 is 0 Å². The van der Waals surface area contributed by atoms with Crippen molar-refractivity contribution < 1.29 is 4.79 Å². The van der Waals surface area contributed by atoms with E-state index in [1.54, 1.807) is 6.20 Å². The van der Waals surface area contributed by atoms with Crippen molar-refractivity contribution in [3.8, 4) is 0 Å². The molecule has 0 spiro atoms. The molecule has 0 radical (unpaired) electrons. The first-order valence-corrected chi connectivity index (χ1v) is 7.06. The van der Waals surface area contributed by atoms with Gasteiger partial charge in [-0.3, -0.25) is 9.48 Å². The molecule has 98 valence electrons. The lowest BCUT2D eigenvalue weighted by Crippen LogP contribution is -2.38. The van der Waals surface area contributed by atoms with Gasteiger partial charge in [-0.05, 0) is 38.5 Å². The number of piperidine rings is 1. The minimum absolute atomic E-state index is 0.265. The molecule has 2 aliphatic rings. The van der Waals surface area contributed by atoms with Gasteiger partial charge < -0.3 is 5.32 Å². The Hall–Kier alpha value is -1.16. The summed E-state index contributed by atoms with van der Waals surface area (Å²) in [5, 5.41) is 7.79. The Labute approximate surface area is 108 Å². The van der Waals surface area contributed by atoms with Gasteiger partial charge in [0.05, 0.1) is 11.8 Å². The fraction of sp³-hybridized carbons (Fsp3) is 0.714. The van der Waals surface area contributed by atoms with Gasteiger partial charge in [0, 0.05) is 31.2 Å². The Morgan fingerprint density at radius 1 is 1.44 bits per heavy atom. The molecule has 2 saturated heterocycles. The Morgan fingerprint density at radius 2 is 2.17 bits per heavy atom. The van der Waals surface area contributed by atoms with Gasteiger partial charge in [-0.15, -0.1) is 0 Å². The number of ketones is 1. The average Bonchev–Trinajstić information content (AvgIpc) is 2.96. The van der Waals surface area contributed by atoms with Crippen molar-refractivity contribution in [1.29, 1.82) is 0 Å². The minimum Gasteiger partial charge on any atom is -0.311 e. The smallest absolute Gasteiger partial charge is 0.166 e. The summed E-state index contributed by atoms with van der Waals surface area (Å²) < 4.78 is 1.82. The van der Waals surface area contributed by atoms with Crippen molar-refractivity contribution in [3.63, 3.8) is 0 Å². The van der Waals surface area contributed by atoms with Crippen LogP contribution in [0.15, 0.2) is 12.4 Å². The molecule has 2 atom stereocenters. The van der Waals surface area contributed by atoms with Gasteiger partial charge in [-0.25, -0.2) is 0 Å². The van der Waals surface area contributed by atoms with E-state index in [2.05, 4.69) is 10.4 Å². The minimum atomic E-state index is 0.265. The highest BCUT2D eigenvalue weighted by molar-refractivity contribution is 5.95. The van der Waals surface area contributed by atoms with Crippen molar-refractivity contribution in [3.05, 3.63) is 18.0 Å². The van der Waals surface area contributed by atoms with Crippen LogP contribution >= 0.6 is 0 Å². The van der Waals surface area contributed by atoms with Crippen LogP contribution in [0.5, 0.6) is 0 Å². The summed E-state index contributed by atoms with van der Waals surface area (Å²) in [6, 6.07) is 1.33. The van der Waals surface area contributed by atoms with Crippen molar-refractivity contribution in [1.82, 2.24) is 15.1 Å². The van der Waals surface area contributed by atoms with Crippen molar-refractivity contribution >= 4 is 5.78 Å². The highest BCUT2D eigenvalue weighted by Crippen LogP contribution is 2.33. The van der Waals surface area contributed by atoms with Gasteiger partial charge in [0.2, 0.25) is 0 Å². The van der Waals surface area contributed by atoms with Crippen LogP contribution in [-0.4, -0.2) is 27.6 Å². The third-order valence-corrected chi connectivity index (χ3v) is 4.32. The Kier molecular flexibility index (Phi) is 3.20. The topological polar surface area (TPSA) is 46.9 Å². The van der Waals surface area contributed by atoms with E-state index >= 15 is 0 Å². The molecule has 18 heavy (non-hydrogen) atoms. The number of aromatic nitrogens is 2. The van der Waals surface area contributed by atoms with E-state index in [1.807, 2.05) is 17.8 Å². The van der Waals surface area contributed by atoms with E-state index in [0.29, 0.717) is 24.4 Å². The number of Topliss-reactive ketones (excluding diaryl/α,β-unsaturated/α-hetero) is 1. The quantitative estimate of drug-likeness (QED) is 0.828. The number of hydrogen-bond acceptors (Lipinski definition) is 3. The molecule has 0 amide bonds. The highest BCUT2D eigenvalue weighted by Gasteiger charge is 2.34. The first-order chi connectivity index (χ1) is 8.74. The number of fused-ring (bicyclic) bond motifs is 2. The molecule has 2 unspecified atom stereocenters. The molecule has 4 heteroatoms. The predicted octanol–water partition coefficient (Wildman–Crippen LogP) is 2.01. The zero-order valence-corrected chi connectivity index (χ0v) is 10.9. The molecule has 1 N–H and O–H groups in total. The first-order valence-electron chi connectivity index (χ1n) is 7.06. The Bertz CT molecular complexity index is 428. The van der Waals surface area contributed by atoms with Crippen LogP contribution in [-0.2, 0) is 6.54 Å². The SMILES string of the molecule is CCn1cc(C(=O)CC2CC3CCC(C2)N3)cn1. The number of carbonyl (C=O) groups excluding carboxylic acids is 1. The zero-order valence-electron chi connectivity index (χ0n) is 10.9. The molecule has 4 nitrogen and oxygen atoms in total. The molecular weight excluding hydrogens is 226 g/mol. The normalized spacial score (nSPS) is 30.6. The van der Waals surface area contributed by atoms with Gasteiger partial charge in [0.25, 0.3) is 0 Å². The lowest BCUT2D eigenvalue weighted by Gasteiger charge is -2.28. The molecule has 2 bridgehead atoms. The summed E-state index contributed by atoms with van der Waals surface area (Å²) in [6.45, 7) is 2.86. The standard InChI is InChI=1S/C14H21N3O/c1-2-17-9-11(8-15-17)14(18)7-10-5-12-3-4-13(6-10)16-12/h8-10,12-13,16H,2-7H2,1H3. The van der Waals surface area contributed by atoms with E-state index in [4.69, 9.17) is 0 Å². The largest absolute Gasteiger partial charge is 0.311 e. The van der Waals surface area contributed by atoms with Gasteiger partial charge in [-0.2, -0.15) is 5.10 Å². The predicted molar refractivity (Wildman–Crippen MR) is 69.5 cm³/mol. The monoisotopic (exact) mass is 247 g/mol. The Balaban J connectivity index is 1.60. The summed E-state index contributed by atoms with van der Waals surface area (Å²) in [4.78, 5) is 12.2. The highest BCUT2D eigenvalue weighted by atomic mass is 16.1. The number of nitrogens with one attached hydrogen (secondary N) is 1. The van der Waals surface area contributed by atoms with Crippen LogP contribution in [0.4, 0.5) is 0 Å². The van der Waals surface area contributed by atoms with Gasteiger partial charge in [0.15, 0.2) is 5.78 Å². The third kappa shape index (κ3) is 2.34. The Morgan fingerprint density at radius 3 is 2.78 bits per heavy atom. The molecule has 3 heterocycles. The average molecular weight is 247 g/mol. The van der Waals surface area contributed by atoms with Crippen molar-refractivity contribution in [2.24, 2.45) is 5.92 Å². The van der Waals surface area contributed by atoms with Crippen molar-refractivity contribution in [2.45, 2.75) is 57.7 Å². The lowest BCUT2D eigenvalue weighted by atomic mass is 9.87. The molecule has 2 aliphatic heterocycles. The van der Waals surface area contributed by atoms with Crippen LogP contribution in [0.1, 0.15) is 49.4 Å². The fourth-order valence-corrected chi connectivity index (χ4v) is 3.40. The molecule has 0 saturated carbocycles. The molecule has 2 fully saturated rings. The number of aryl methyl sites for hydroxylation is 1.